The smallest absolute Gasteiger partial charge is 0.257 e. The first-order valence-corrected chi connectivity index (χ1v) is 11.5. The summed E-state index contributed by atoms with van der Waals surface area (Å²) in [5.41, 5.74) is 2.60. The zero-order chi connectivity index (χ0) is 25.2. The zero-order valence-corrected chi connectivity index (χ0v) is 20.6. The van der Waals surface area contributed by atoms with E-state index in [0.29, 0.717) is 45.4 Å². The molecule has 182 valence electrons. The van der Waals surface area contributed by atoms with E-state index in [0.717, 1.165) is 11.1 Å². The number of anilines is 2. The normalized spacial score (nSPS) is 14.6. The van der Waals surface area contributed by atoms with Gasteiger partial charge in [0.1, 0.15) is 23.4 Å². The molecule has 5 rings (SSSR count). The Hall–Kier alpha value is -4.37. The van der Waals surface area contributed by atoms with Crippen LogP contribution >= 0.6 is 11.6 Å². The number of nitrogens with one attached hydrogen (secondary N) is 2. The molecule has 36 heavy (non-hydrogen) atoms. The molecular formula is C26H23ClN6O3. The van der Waals surface area contributed by atoms with Crippen molar-refractivity contribution in [2.45, 2.75) is 13.0 Å². The molecule has 0 saturated heterocycles. The highest BCUT2D eigenvalue weighted by Crippen LogP contribution is 2.41. The molecule has 4 aromatic rings. The van der Waals surface area contributed by atoms with Crippen molar-refractivity contribution in [2.24, 2.45) is 0 Å². The topological polar surface area (TPSA) is 103 Å². The SMILES string of the molecule is COc1ccc(C2C(C(=O)Nc3ccccn3)=C(C)Nc3nc(-c4ccc(Cl)cc4)nn32)c(OC)c1. The van der Waals surface area contributed by atoms with Crippen molar-refractivity contribution in [1.29, 1.82) is 0 Å². The number of nitrogens with zero attached hydrogens (tertiary/aromatic N) is 4. The van der Waals surface area contributed by atoms with E-state index in [4.69, 9.17) is 31.2 Å². The van der Waals surface area contributed by atoms with Crippen LogP contribution in [0.25, 0.3) is 11.4 Å². The number of hydrogen-bond donors (Lipinski definition) is 2. The van der Waals surface area contributed by atoms with Gasteiger partial charge in [0.05, 0.1) is 19.8 Å². The Morgan fingerprint density at radius 1 is 1.08 bits per heavy atom. The lowest BCUT2D eigenvalue weighted by molar-refractivity contribution is -0.113. The number of carbonyl (C=O) groups excluding carboxylic acids is 1. The number of hydrogen-bond acceptors (Lipinski definition) is 7. The second-order valence-corrected chi connectivity index (χ2v) is 8.49. The van der Waals surface area contributed by atoms with Crippen molar-refractivity contribution < 1.29 is 14.3 Å². The number of pyridine rings is 1. The third kappa shape index (κ3) is 4.36. The number of ether oxygens (including phenoxy) is 2. The zero-order valence-electron chi connectivity index (χ0n) is 19.8. The fourth-order valence-electron chi connectivity index (χ4n) is 4.12. The molecule has 0 bridgehead atoms. The summed E-state index contributed by atoms with van der Waals surface area (Å²) in [6.45, 7) is 1.83. The summed E-state index contributed by atoms with van der Waals surface area (Å²) < 4.78 is 12.8. The van der Waals surface area contributed by atoms with Crippen LogP contribution in [0.3, 0.4) is 0 Å². The largest absolute Gasteiger partial charge is 0.497 e. The van der Waals surface area contributed by atoms with E-state index in [1.54, 1.807) is 61.5 Å². The molecule has 0 saturated carbocycles. The molecule has 0 aliphatic carbocycles. The van der Waals surface area contributed by atoms with Gasteiger partial charge in [0.15, 0.2) is 5.82 Å². The summed E-state index contributed by atoms with van der Waals surface area (Å²) >= 11 is 6.06. The van der Waals surface area contributed by atoms with E-state index < -0.39 is 6.04 Å². The quantitative estimate of drug-likeness (QED) is 0.385. The van der Waals surface area contributed by atoms with Crippen molar-refractivity contribution >= 4 is 29.3 Å². The van der Waals surface area contributed by atoms with Crippen LogP contribution in [-0.2, 0) is 4.79 Å². The minimum absolute atomic E-state index is 0.323. The van der Waals surface area contributed by atoms with Crippen molar-refractivity contribution in [3.8, 4) is 22.9 Å². The van der Waals surface area contributed by atoms with E-state index in [1.165, 1.54) is 0 Å². The van der Waals surface area contributed by atoms with Gasteiger partial charge in [-0.2, -0.15) is 4.98 Å². The van der Waals surface area contributed by atoms with Crippen LogP contribution in [-0.4, -0.2) is 39.9 Å². The summed E-state index contributed by atoms with van der Waals surface area (Å²) in [5, 5.41) is 11.5. The Balaban J connectivity index is 1.65. The molecule has 0 radical (unpaired) electrons. The number of amides is 1. The molecular weight excluding hydrogens is 480 g/mol. The Labute approximate surface area is 212 Å². The molecule has 1 amide bonds. The second-order valence-electron chi connectivity index (χ2n) is 8.05. The lowest BCUT2D eigenvalue weighted by Gasteiger charge is -2.29. The van der Waals surface area contributed by atoms with Crippen LogP contribution in [0.15, 0.2) is 78.1 Å². The first-order chi connectivity index (χ1) is 17.5. The van der Waals surface area contributed by atoms with E-state index in [1.807, 2.05) is 31.2 Å². The van der Waals surface area contributed by atoms with Gasteiger partial charge in [-0.15, -0.1) is 5.10 Å². The molecule has 1 atom stereocenters. The fraction of sp³-hybridized carbons (Fsp3) is 0.154. The van der Waals surface area contributed by atoms with Crippen LogP contribution < -0.4 is 20.1 Å². The van der Waals surface area contributed by atoms with Gasteiger partial charge in [0, 0.05) is 34.1 Å². The highest BCUT2D eigenvalue weighted by atomic mass is 35.5. The van der Waals surface area contributed by atoms with E-state index in [2.05, 4.69) is 15.6 Å². The van der Waals surface area contributed by atoms with Gasteiger partial charge in [-0.05, 0) is 55.5 Å². The van der Waals surface area contributed by atoms with Crippen molar-refractivity contribution in [2.75, 3.05) is 24.9 Å². The second kappa shape index (κ2) is 9.71. The minimum atomic E-state index is -0.639. The van der Waals surface area contributed by atoms with Gasteiger partial charge < -0.3 is 20.1 Å². The summed E-state index contributed by atoms with van der Waals surface area (Å²) in [6.07, 6.45) is 1.62. The number of aromatic nitrogens is 4. The number of methoxy groups -OCH3 is 2. The van der Waals surface area contributed by atoms with Crippen LogP contribution in [0.2, 0.25) is 5.02 Å². The highest BCUT2D eigenvalue weighted by molar-refractivity contribution is 6.30. The fourth-order valence-corrected chi connectivity index (χ4v) is 4.24. The van der Waals surface area contributed by atoms with Crippen molar-refractivity contribution in [1.82, 2.24) is 19.7 Å². The molecule has 1 aliphatic rings. The van der Waals surface area contributed by atoms with Gasteiger partial charge >= 0.3 is 0 Å². The van der Waals surface area contributed by atoms with Gasteiger partial charge in [-0.25, -0.2) is 9.67 Å². The molecule has 2 aromatic carbocycles. The lowest BCUT2D eigenvalue weighted by Crippen LogP contribution is -2.32. The Morgan fingerprint density at radius 2 is 1.89 bits per heavy atom. The minimum Gasteiger partial charge on any atom is -0.497 e. The molecule has 0 spiro atoms. The first kappa shape index (κ1) is 23.4. The van der Waals surface area contributed by atoms with Gasteiger partial charge in [-0.1, -0.05) is 17.7 Å². The van der Waals surface area contributed by atoms with Crippen LogP contribution in [0.4, 0.5) is 11.8 Å². The number of fused-ring (bicyclic) bond motifs is 1. The van der Waals surface area contributed by atoms with Gasteiger partial charge in [0.25, 0.3) is 5.91 Å². The van der Waals surface area contributed by atoms with Gasteiger partial charge in [-0.3, -0.25) is 4.79 Å². The van der Waals surface area contributed by atoms with Crippen molar-refractivity contribution in [3.63, 3.8) is 0 Å². The summed E-state index contributed by atoms with van der Waals surface area (Å²) in [7, 11) is 3.16. The molecule has 1 aliphatic heterocycles. The predicted octanol–water partition coefficient (Wildman–Crippen LogP) is 4.94. The van der Waals surface area contributed by atoms with Gasteiger partial charge in [0.2, 0.25) is 5.95 Å². The standard InChI is InChI=1S/C26H23ClN6O3/c1-15-22(25(34)30-21-6-4-5-13-28-21)23(19-12-11-18(35-2)14-20(19)36-3)33-26(29-15)31-24(32-33)16-7-9-17(27)10-8-16/h4-14,23H,1-3H3,(H,28,30,34)(H,29,31,32). The Kier molecular flexibility index (Phi) is 6.30. The summed E-state index contributed by atoms with van der Waals surface area (Å²) in [5.74, 6) is 2.28. The molecule has 2 N–H and O–H groups in total. The van der Waals surface area contributed by atoms with Crippen LogP contribution in [0, 0.1) is 0 Å². The number of rotatable bonds is 6. The first-order valence-electron chi connectivity index (χ1n) is 11.1. The third-order valence-corrected chi connectivity index (χ3v) is 6.09. The molecule has 2 aromatic heterocycles. The van der Waals surface area contributed by atoms with E-state index in [-0.39, 0.29) is 5.91 Å². The maximum Gasteiger partial charge on any atom is 0.257 e. The average molecular weight is 503 g/mol. The van der Waals surface area contributed by atoms with E-state index >= 15 is 0 Å². The molecule has 9 nitrogen and oxygen atoms in total. The highest BCUT2D eigenvalue weighted by Gasteiger charge is 2.36. The molecule has 1 unspecified atom stereocenters. The molecule has 10 heteroatoms. The lowest BCUT2D eigenvalue weighted by atomic mass is 9.94. The number of allylic oxidation sites excluding steroid dienone is 1. The predicted molar refractivity (Wildman–Crippen MR) is 137 cm³/mol. The third-order valence-electron chi connectivity index (χ3n) is 5.84. The van der Waals surface area contributed by atoms with Crippen LogP contribution in [0.5, 0.6) is 11.5 Å². The maximum atomic E-state index is 13.6. The number of benzene rings is 2. The molecule has 3 heterocycles. The number of halogens is 1. The summed E-state index contributed by atoms with van der Waals surface area (Å²) in [6, 6.07) is 17.4. The van der Waals surface area contributed by atoms with Crippen molar-refractivity contribution in [3.05, 3.63) is 88.7 Å². The molecule has 0 fully saturated rings. The van der Waals surface area contributed by atoms with Crippen LogP contribution in [0.1, 0.15) is 18.5 Å². The Bertz CT molecular complexity index is 1450. The Morgan fingerprint density at radius 3 is 2.58 bits per heavy atom. The maximum absolute atomic E-state index is 13.6. The van der Waals surface area contributed by atoms with E-state index in [9.17, 15) is 4.79 Å². The monoisotopic (exact) mass is 502 g/mol. The summed E-state index contributed by atoms with van der Waals surface area (Å²) in [4.78, 5) is 22.5. The number of carbonyl (C=O) groups is 1. The average Bonchev–Trinajstić information content (AvgIpc) is 3.32.